The van der Waals surface area contributed by atoms with Gasteiger partial charge in [0, 0.05) is 31.8 Å². The smallest absolute Gasteiger partial charge is 0.416 e. The number of alkyl halides is 6. The molecule has 1 unspecified atom stereocenters. The Bertz CT molecular complexity index is 2160. The highest BCUT2D eigenvalue weighted by atomic mass is 35.5. The molecule has 0 saturated carbocycles. The van der Waals surface area contributed by atoms with Crippen LogP contribution in [-0.2, 0) is 47.2 Å². The third-order valence-corrected chi connectivity index (χ3v) is 9.00. The number of aryl methyl sites for hydroxylation is 2. The molecule has 0 fully saturated rings. The molecule has 0 aromatic heterocycles. The van der Waals surface area contributed by atoms with E-state index in [1.54, 1.807) is 17.1 Å². The number of carbonyl (C=O) groups is 4. The highest BCUT2D eigenvalue weighted by molar-refractivity contribution is 7.94. The minimum absolute atomic E-state index is 0.0371. The SMILES string of the molecule is C=CCN(CC=C)C(=O)C(Cl)Cl.CCOCN(C(=O)CCl)c1c(C)cccc1CC.C[S+](C)C.O=C(O)CNCP(=O)([O-])O.O=C(O)c1cc(Oc2ccc(C(F)(F)F)cc2Cl)ccc1[N+](=O)[O-]. The summed E-state index contributed by atoms with van der Waals surface area (Å²) in [5.41, 5.74) is 0.878. The Kier molecular flexibility index (Phi) is 32.8. The molecule has 0 aliphatic rings. The van der Waals surface area contributed by atoms with Gasteiger partial charge < -0.3 is 38.9 Å². The molecule has 3 aromatic carbocycles. The van der Waals surface area contributed by atoms with Gasteiger partial charge in [0.25, 0.3) is 11.6 Å². The number of aromatic carboxylic acids is 1. The van der Waals surface area contributed by atoms with E-state index in [1.807, 2.05) is 37.4 Å². The summed E-state index contributed by atoms with van der Waals surface area (Å²) in [6.07, 6.45) is 5.38. The lowest BCUT2D eigenvalue weighted by Crippen LogP contribution is -2.35. The Morgan fingerprint density at radius 3 is 2.00 bits per heavy atom. The number of aliphatic carboxylic acids is 1. The molecule has 68 heavy (non-hydrogen) atoms. The largest absolute Gasteiger partial charge is 0.778 e. The molecule has 0 radical (unpaired) electrons. The number of anilines is 1. The first-order valence-corrected chi connectivity index (χ1v) is 25.3. The summed E-state index contributed by atoms with van der Waals surface area (Å²) in [5.74, 6) is -3.49. The number of nitro groups is 1. The number of nitrogens with one attached hydrogen (secondary N) is 1. The number of carbonyl (C=O) groups excluding carboxylic acids is 2. The molecule has 380 valence electrons. The third kappa shape index (κ3) is 27.6. The van der Waals surface area contributed by atoms with Gasteiger partial charge in [-0.3, -0.25) is 34.7 Å². The van der Waals surface area contributed by atoms with Crippen LogP contribution in [0.3, 0.4) is 0 Å². The van der Waals surface area contributed by atoms with Gasteiger partial charge in [-0.25, -0.2) is 4.79 Å². The molecule has 0 saturated heterocycles. The zero-order valence-corrected chi connectivity index (χ0v) is 42.5. The monoisotopic (exact) mass is 1080 g/mol. The average molecular weight is 1080 g/mol. The van der Waals surface area contributed by atoms with E-state index in [0.29, 0.717) is 36.7 Å². The fourth-order valence-corrected chi connectivity index (χ4v) is 5.75. The molecule has 2 amide bonds. The van der Waals surface area contributed by atoms with Crippen molar-refractivity contribution < 1.29 is 71.3 Å². The Morgan fingerprint density at radius 2 is 1.59 bits per heavy atom. The second-order valence-corrected chi connectivity index (χ2v) is 19.3. The van der Waals surface area contributed by atoms with Crippen LogP contribution in [0.4, 0.5) is 24.5 Å². The Balaban J connectivity index is 0. The van der Waals surface area contributed by atoms with E-state index >= 15 is 0 Å². The van der Waals surface area contributed by atoms with Crippen LogP contribution in [-0.4, -0.2) is 117 Å². The Hall–Kier alpha value is -4.41. The maximum absolute atomic E-state index is 12.6. The summed E-state index contributed by atoms with van der Waals surface area (Å²) in [5, 5.41) is 29.4. The van der Waals surface area contributed by atoms with Gasteiger partial charge in [-0.05, 0) is 66.6 Å². The summed E-state index contributed by atoms with van der Waals surface area (Å²) in [4.78, 5) is 73.9. The average Bonchev–Trinajstić information content (AvgIpc) is 3.23. The number of para-hydroxylation sites is 1. The number of hydrogen-bond acceptors (Lipinski definition) is 11. The number of carboxylic acids is 2. The topological polar surface area (TPSA) is 249 Å². The molecule has 0 aliphatic carbocycles. The summed E-state index contributed by atoms with van der Waals surface area (Å²) in [7, 11) is -3.71. The molecular weight excluding hydrogens is 1030 g/mol. The number of hydrogen-bond donors (Lipinski definition) is 4. The molecule has 1 atom stereocenters. The van der Waals surface area contributed by atoms with Crippen LogP contribution in [0.25, 0.3) is 0 Å². The summed E-state index contributed by atoms with van der Waals surface area (Å²) in [6.45, 7) is 14.2. The van der Waals surface area contributed by atoms with Crippen LogP contribution in [0.1, 0.15) is 40.9 Å². The van der Waals surface area contributed by atoms with Gasteiger partial charge in [-0.2, -0.15) is 13.2 Å². The van der Waals surface area contributed by atoms with Gasteiger partial charge in [-0.1, -0.05) is 72.1 Å². The first kappa shape index (κ1) is 65.7. The predicted molar refractivity (Wildman–Crippen MR) is 260 cm³/mol. The van der Waals surface area contributed by atoms with Crippen molar-refractivity contribution in [1.82, 2.24) is 10.2 Å². The molecule has 4 N–H and O–H groups in total. The van der Waals surface area contributed by atoms with Crippen LogP contribution < -0.4 is 19.8 Å². The van der Waals surface area contributed by atoms with Gasteiger partial charge >= 0.3 is 18.1 Å². The number of benzene rings is 3. The molecule has 0 spiro atoms. The standard InChI is InChI=1S/C14H7ClF3NO5.C14H20ClNO2.C8H11Cl2NO.C3H8NO5P.C3H9S/c15-10-5-7(14(16,17)18)1-4-12(10)24-8-2-3-11(19(22)23)9(6-8)13(20)21;1-4-12-8-6-7-11(3)14(12)16(10-18-5-2)13(17)9-15;1-3-5-11(6-4-2)8(12)7(9)10;5-3(6)1-4-2-10(7,8)9;1-4(2)3/h1-6H,(H,20,21);6-8H,4-5,9-10H2,1-3H3;3-4,7H,1-2,5-6H2;4H,1-2H2,(H,5,6)(H2,7,8,9);1-3H3/q;;;;+1/p-1. The first-order valence-electron chi connectivity index (χ1n) is 19.3. The van der Waals surface area contributed by atoms with Crippen molar-refractivity contribution in [3.05, 3.63) is 117 Å². The summed E-state index contributed by atoms with van der Waals surface area (Å²) >= 11 is 22.2. The van der Waals surface area contributed by atoms with Gasteiger partial charge in [0.2, 0.25) is 5.91 Å². The second-order valence-electron chi connectivity index (χ2n) is 13.5. The van der Waals surface area contributed by atoms with Crippen LogP contribution in [0, 0.1) is 17.0 Å². The molecule has 0 aliphatic heterocycles. The second kappa shape index (κ2) is 34.0. The number of halogens is 7. The van der Waals surface area contributed by atoms with Crippen molar-refractivity contribution in [2.75, 3.05) is 68.8 Å². The van der Waals surface area contributed by atoms with E-state index in [4.69, 9.17) is 71.0 Å². The van der Waals surface area contributed by atoms with Crippen molar-refractivity contribution in [3.63, 3.8) is 0 Å². The van der Waals surface area contributed by atoms with Gasteiger partial charge in [0.1, 0.15) is 37.3 Å². The fraction of sp³-hybridized carbons (Fsp3) is 0.381. The molecule has 3 aromatic rings. The number of rotatable bonds is 19. The van der Waals surface area contributed by atoms with Crippen LogP contribution in [0.5, 0.6) is 11.5 Å². The van der Waals surface area contributed by atoms with E-state index < -0.39 is 65.1 Å². The van der Waals surface area contributed by atoms with Crippen molar-refractivity contribution >= 4 is 100 Å². The zero-order valence-electron chi connectivity index (χ0n) is 37.8. The molecule has 17 nitrogen and oxygen atoms in total. The number of ether oxygens (including phenoxy) is 2. The van der Waals surface area contributed by atoms with Crippen LogP contribution in [0.15, 0.2) is 79.9 Å². The normalized spacial score (nSPS) is 11.3. The van der Waals surface area contributed by atoms with Crippen molar-refractivity contribution in [3.8, 4) is 11.5 Å². The van der Waals surface area contributed by atoms with Gasteiger partial charge in [0.15, 0.2) is 4.84 Å². The number of amides is 2. The lowest BCUT2D eigenvalue weighted by Gasteiger charge is -2.25. The summed E-state index contributed by atoms with van der Waals surface area (Å²) in [6, 6.07) is 11.3. The van der Waals surface area contributed by atoms with E-state index in [2.05, 4.69) is 38.8 Å². The van der Waals surface area contributed by atoms with E-state index in [-0.39, 0.29) is 40.9 Å². The fourth-order valence-electron chi connectivity index (χ4n) is 4.71. The molecule has 0 bridgehead atoms. The maximum atomic E-state index is 12.6. The highest BCUT2D eigenvalue weighted by Gasteiger charge is 2.31. The molecule has 0 heterocycles. The van der Waals surface area contributed by atoms with Crippen molar-refractivity contribution in [2.45, 2.75) is 38.2 Å². The third-order valence-electron chi connectivity index (χ3n) is 7.48. The number of nitrogens with zero attached hydrogens (tertiary/aromatic N) is 3. The van der Waals surface area contributed by atoms with Gasteiger partial charge in [-0.15, -0.1) is 24.8 Å². The highest BCUT2D eigenvalue weighted by Crippen LogP contribution is 2.37. The van der Waals surface area contributed by atoms with Crippen LogP contribution in [0.2, 0.25) is 5.02 Å². The molecular formula is C42H54Cl4F3N4O13PS. The number of carboxylic acid groups (broad SMARTS) is 2. The van der Waals surface area contributed by atoms with E-state index in [9.17, 15) is 51.9 Å². The minimum atomic E-state index is -4.58. The van der Waals surface area contributed by atoms with Crippen LogP contribution >= 0.6 is 54.0 Å². The summed E-state index contributed by atoms with van der Waals surface area (Å²) < 4.78 is 58.2. The van der Waals surface area contributed by atoms with Crippen molar-refractivity contribution in [2.24, 2.45) is 0 Å². The maximum Gasteiger partial charge on any atom is 0.416 e. The van der Waals surface area contributed by atoms with Gasteiger partial charge in [0.05, 0.1) is 52.8 Å². The number of nitro benzene ring substituents is 1. The lowest BCUT2D eigenvalue weighted by atomic mass is 10.0. The zero-order chi connectivity index (χ0) is 52.9. The molecule has 26 heteroatoms. The first-order chi connectivity index (χ1) is 31.5. The quantitative estimate of drug-likeness (QED) is 0.0167. The van der Waals surface area contributed by atoms with E-state index in [0.717, 1.165) is 53.6 Å². The predicted octanol–water partition coefficient (Wildman–Crippen LogP) is 8.53. The van der Waals surface area contributed by atoms with E-state index in [1.165, 1.54) is 4.90 Å². The molecule has 3 rings (SSSR count). The Morgan fingerprint density at radius 1 is 1.01 bits per heavy atom. The van der Waals surface area contributed by atoms with Crippen molar-refractivity contribution in [1.29, 1.82) is 0 Å². The lowest BCUT2D eigenvalue weighted by molar-refractivity contribution is -0.385. The minimum Gasteiger partial charge on any atom is -0.778 e. The Labute approximate surface area is 415 Å².